The molecule has 5 nitrogen and oxygen atoms in total. The molecule has 1 aliphatic rings. The molecule has 2 rings (SSSR count). The summed E-state index contributed by atoms with van der Waals surface area (Å²) in [6.07, 6.45) is 0. The first-order valence-electron chi connectivity index (χ1n) is 5.39. The van der Waals surface area contributed by atoms with E-state index < -0.39 is 12.0 Å². The average molecular weight is 267 g/mol. The summed E-state index contributed by atoms with van der Waals surface area (Å²) in [5.74, 6) is 0.194. The second-order valence-corrected chi connectivity index (χ2v) is 4.86. The fraction of sp³-hybridized carbons (Fsp3) is 0.333. The summed E-state index contributed by atoms with van der Waals surface area (Å²) in [7, 11) is 1.52. The molecule has 0 saturated carbocycles. The molecule has 0 unspecified atom stereocenters. The number of nitrogens with zero attached hydrogens (tertiary/aromatic N) is 1. The Morgan fingerprint density at radius 1 is 1.50 bits per heavy atom. The van der Waals surface area contributed by atoms with Gasteiger partial charge in [0.15, 0.2) is 0 Å². The van der Waals surface area contributed by atoms with E-state index in [4.69, 9.17) is 9.84 Å². The average Bonchev–Trinajstić information content (AvgIpc) is 2.87. The number of hydrogen-bond acceptors (Lipinski definition) is 4. The van der Waals surface area contributed by atoms with Crippen molar-refractivity contribution in [3.05, 3.63) is 29.8 Å². The molecule has 0 aliphatic carbocycles. The smallest absolute Gasteiger partial charge is 0.327 e. The summed E-state index contributed by atoms with van der Waals surface area (Å²) in [5.41, 5.74) is 0.447. The number of benzene rings is 1. The lowest BCUT2D eigenvalue weighted by atomic mass is 10.1. The highest BCUT2D eigenvalue weighted by molar-refractivity contribution is 7.99. The first-order chi connectivity index (χ1) is 8.63. The number of carbonyl (C=O) groups is 2. The summed E-state index contributed by atoms with van der Waals surface area (Å²) >= 11 is 1.44. The number of ether oxygens (including phenoxy) is 1. The van der Waals surface area contributed by atoms with Crippen molar-refractivity contribution in [3.8, 4) is 5.75 Å². The monoisotopic (exact) mass is 267 g/mol. The van der Waals surface area contributed by atoms with E-state index in [1.807, 2.05) is 0 Å². The van der Waals surface area contributed by atoms with Crippen LogP contribution in [-0.2, 0) is 4.79 Å². The Morgan fingerprint density at radius 3 is 2.94 bits per heavy atom. The number of hydrogen-bond donors (Lipinski definition) is 1. The van der Waals surface area contributed by atoms with Crippen molar-refractivity contribution in [2.45, 2.75) is 6.04 Å². The van der Waals surface area contributed by atoms with E-state index in [0.29, 0.717) is 22.9 Å². The largest absolute Gasteiger partial charge is 0.497 e. The molecule has 1 aromatic rings. The normalized spacial score (nSPS) is 18.7. The third-order valence-corrected chi connectivity index (χ3v) is 3.76. The molecule has 1 atom stereocenters. The highest BCUT2D eigenvalue weighted by Gasteiger charge is 2.34. The zero-order valence-electron chi connectivity index (χ0n) is 9.83. The molecule has 1 saturated heterocycles. The van der Waals surface area contributed by atoms with Crippen LogP contribution in [0.15, 0.2) is 24.3 Å². The number of carbonyl (C=O) groups excluding carboxylic acids is 1. The highest BCUT2D eigenvalue weighted by Crippen LogP contribution is 2.24. The predicted octanol–water partition coefficient (Wildman–Crippen LogP) is 1.29. The molecule has 1 amide bonds. The van der Waals surface area contributed by atoms with Gasteiger partial charge in [-0.15, -0.1) is 11.8 Å². The maximum atomic E-state index is 12.2. The highest BCUT2D eigenvalue weighted by atomic mass is 32.2. The lowest BCUT2D eigenvalue weighted by molar-refractivity contribution is -0.140. The molecular formula is C12H13NO4S. The molecule has 96 valence electrons. The predicted molar refractivity (Wildman–Crippen MR) is 67.9 cm³/mol. The lowest BCUT2D eigenvalue weighted by Gasteiger charge is -2.20. The number of carboxylic acid groups (broad SMARTS) is 1. The van der Waals surface area contributed by atoms with Gasteiger partial charge in [0.1, 0.15) is 11.8 Å². The van der Waals surface area contributed by atoms with Crippen molar-refractivity contribution in [2.24, 2.45) is 0 Å². The van der Waals surface area contributed by atoms with Crippen LogP contribution in [0.2, 0.25) is 0 Å². The van der Waals surface area contributed by atoms with Crippen molar-refractivity contribution < 1.29 is 19.4 Å². The van der Waals surface area contributed by atoms with E-state index >= 15 is 0 Å². The maximum absolute atomic E-state index is 12.2. The molecule has 18 heavy (non-hydrogen) atoms. The van der Waals surface area contributed by atoms with Crippen LogP contribution in [0.25, 0.3) is 0 Å². The van der Waals surface area contributed by atoms with Gasteiger partial charge in [-0.3, -0.25) is 4.79 Å². The zero-order chi connectivity index (χ0) is 13.1. The number of amides is 1. The molecule has 1 aliphatic heterocycles. The molecule has 0 spiro atoms. The minimum Gasteiger partial charge on any atom is -0.497 e. The standard InChI is InChI=1S/C12H13NO4S/c1-17-9-4-2-3-8(5-9)11(14)13-7-18-6-10(13)12(15)16/h2-5,10H,6-7H2,1H3,(H,15,16)/t10-/m0/s1. The van der Waals surface area contributed by atoms with E-state index in [9.17, 15) is 9.59 Å². The second kappa shape index (κ2) is 5.30. The van der Waals surface area contributed by atoms with Gasteiger partial charge in [0.05, 0.1) is 13.0 Å². The van der Waals surface area contributed by atoms with Crippen LogP contribution in [0.5, 0.6) is 5.75 Å². The first kappa shape index (κ1) is 12.8. The minimum absolute atomic E-state index is 0.272. The summed E-state index contributed by atoms with van der Waals surface area (Å²) in [6, 6.07) is 5.99. The summed E-state index contributed by atoms with van der Waals surface area (Å²) in [4.78, 5) is 24.6. The van der Waals surface area contributed by atoms with Gasteiger partial charge in [-0.25, -0.2) is 4.79 Å². The van der Waals surface area contributed by atoms with Gasteiger partial charge in [-0.1, -0.05) is 6.07 Å². The third kappa shape index (κ3) is 2.43. The first-order valence-corrected chi connectivity index (χ1v) is 6.54. The van der Waals surface area contributed by atoms with Gasteiger partial charge < -0.3 is 14.7 Å². The van der Waals surface area contributed by atoms with Gasteiger partial charge in [-0.05, 0) is 18.2 Å². The van der Waals surface area contributed by atoms with E-state index in [-0.39, 0.29) is 5.91 Å². The second-order valence-electron chi connectivity index (χ2n) is 3.86. The van der Waals surface area contributed by atoms with Crippen molar-refractivity contribution in [1.82, 2.24) is 4.90 Å². The molecule has 1 heterocycles. The van der Waals surface area contributed by atoms with Crippen LogP contribution in [-0.4, -0.2) is 46.7 Å². The Morgan fingerprint density at radius 2 is 2.28 bits per heavy atom. The summed E-state index contributed by atoms with van der Waals surface area (Å²) in [6.45, 7) is 0. The quantitative estimate of drug-likeness (QED) is 0.894. The summed E-state index contributed by atoms with van der Waals surface area (Å²) in [5, 5.41) is 9.05. The van der Waals surface area contributed by atoms with E-state index in [0.717, 1.165) is 0 Å². The third-order valence-electron chi connectivity index (χ3n) is 2.74. The molecule has 1 fully saturated rings. The molecule has 1 N–H and O–H groups in total. The molecule has 0 aromatic heterocycles. The maximum Gasteiger partial charge on any atom is 0.327 e. The fourth-order valence-corrected chi connectivity index (χ4v) is 2.91. The van der Waals surface area contributed by atoms with Gasteiger partial charge >= 0.3 is 5.97 Å². The number of aliphatic carboxylic acids is 1. The van der Waals surface area contributed by atoms with Gasteiger partial charge in [-0.2, -0.15) is 0 Å². The SMILES string of the molecule is COc1cccc(C(=O)N2CSC[C@H]2C(=O)O)c1. The van der Waals surface area contributed by atoms with E-state index in [1.54, 1.807) is 24.3 Å². The lowest BCUT2D eigenvalue weighted by Crippen LogP contribution is -2.41. The molecule has 6 heteroatoms. The molecular weight excluding hydrogens is 254 g/mol. The molecule has 0 radical (unpaired) electrons. The van der Waals surface area contributed by atoms with Crippen LogP contribution in [0.1, 0.15) is 10.4 Å². The van der Waals surface area contributed by atoms with Crippen molar-refractivity contribution >= 4 is 23.6 Å². The Balaban J connectivity index is 2.22. The topological polar surface area (TPSA) is 66.8 Å². The number of carboxylic acids is 1. The fourth-order valence-electron chi connectivity index (χ4n) is 1.77. The minimum atomic E-state index is -0.962. The van der Waals surface area contributed by atoms with Gasteiger partial charge in [0.2, 0.25) is 0 Å². The van der Waals surface area contributed by atoms with E-state index in [1.165, 1.54) is 23.8 Å². The molecule has 0 bridgehead atoms. The number of methoxy groups -OCH3 is 1. The zero-order valence-corrected chi connectivity index (χ0v) is 10.6. The number of rotatable bonds is 3. The van der Waals surface area contributed by atoms with Crippen LogP contribution in [0.4, 0.5) is 0 Å². The van der Waals surface area contributed by atoms with Crippen LogP contribution in [0.3, 0.4) is 0 Å². The Bertz CT molecular complexity index is 477. The Kier molecular flexibility index (Phi) is 3.76. The van der Waals surface area contributed by atoms with Gasteiger partial charge in [0, 0.05) is 11.3 Å². The Labute approximate surface area is 109 Å². The van der Waals surface area contributed by atoms with Crippen molar-refractivity contribution in [2.75, 3.05) is 18.7 Å². The van der Waals surface area contributed by atoms with Gasteiger partial charge in [0.25, 0.3) is 5.91 Å². The van der Waals surface area contributed by atoms with Crippen LogP contribution >= 0.6 is 11.8 Å². The van der Waals surface area contributed by atoms with Crippen molar-refractivity contribution in [1.29, 1.82) is 0 Å². The Hall–Kier alpha value is -1.69. The van der Waals surface area contributed by atoms with Crippen LogP contribution in [0, 0.1) is 0 Å². The summed E-state index contributed by atoms with van der Waals surface area (Å²) < 4.78 is 5.05. The number of thioether (sulfide) groups is 1. The van der Waals surface area contributed by atoms with Crippen LogP contribution < -0.4 is 4.74 Å². The van der Waals surface area contributed by atoms with E-state index in [2.05, 4.69) is 0 Å². The molecule has 1 aromatic carbocycles. The van der Waals surface area contributed by atoms with Crippen molar-refractivity contribution in [3.63, 3.8) is 0 Å².